The van der Waals surface area contributed by atoms with Gasteiger partial charge in [-0.2, -0.15) is 13.2 Å². The Morgan fingerprint density at radius 1 is 1.28 bits per heavy atom. The average Bonchev–Trinajstić information content (AvgIpc) is 3.09. The molecule has 0 amide bonds. The van der Waals surface area contributed by atoms with E-state index in [4.69, 9.17) is 4.74 Å². The van der Waals surface area contributed by atoms with Crippen molar-refractivity contribution in [3.05, 3.63) is 29.8 Å². The van der Waals surface area contributed by atoms with Gasteiger partial charge in [0, 0.05) is 32.2 Å². The third kappa shape index (κ3) is 6.91. The molecule has 2 aliphatic rings. The fraction of sp³-hybridized carbons (Fsp3) is 0.650. The zero-order chi connectivity index (χ0) is 20.0. The molecule has 0 radical (unpaired) electrons. The molecule has 9 heteroatoms. The summed E-state index contributed by atoms with van der Waals surface area (Å²) in [7, 11) is 1.69. The molecule has 1 atom stereocenters. The summed E-state index contributed by atoms with van der Waals surface area (Å²) in [4.78, 5) is 4.26. The molecule has 1 unspecified atom stereocenters. The lowest BCUT2D eigenvalue weighted by atomic mass is 9.86. The highest BCUT2D eigenvalue weighted by molar-refractivity contribution is 14.0. The van der Waals surface area contributed by atoms with Crippen LogP contribution in [0.2, 0.25) is 0 Å². The zero-order valence-electron chi connectivity index (χ0n) is 16.6. The molecule has 1 spiro atoms. The first-order valence-corrected chi connectivity index (χ1v) is 9.80. The van der Waals surface area contributed by atoms with Gasteiger partial charge in [-0.1, -0.05) is 18.2 Å². The number of nitrogens with one attached hydrogen (secondary N) is 2. The maximum Gasteiger partial charge on any atom is 0.411 e. The minimum absolute atomic E-state index is 0. The number of hydrogen-bond acceptors (Lipinski definition) is 3. The van der Waals surface area contributed by atoms with Crippen molar-refractivity contribution in [2.45, 2.75) is 56.3 Å². The van der Waals surface area contributed by atoms with Crippen LogP contribution in [-0.4, -0.2) is 44.5 Å². The molecule has 1 aromatic carbocycles. The van der Waals surface area contributed by atoms with Gasteiger partial charge in [-0.05, 0) is 38.2 Å². The number of aliphatic imine (C=N–C) groups is 1. The van der Waals surface area contributed by atoms with Gasteiger partial charge < -0.3 is 20.1 Å². The molecule has 29 heavy (non-hydrogen) atoms. The van der Waals surface area contributed by atoms with Crippen LogP contribution in [-0.2, 0) is 4.74 Å². The summed E-state index contributed by atoms with van der Waals surface area (Å²) >= 11 is 0. The Morgan fingerprint density at radius 2 is 2.00 bits per heavy atom. The van der Waals surface area contributed by atoms with Gasteiger partial charge in [0.2, 0.25) is 0 Å². The molecule has 0 bridgehead atoms. The van der Waals surface area contributed by atoms with E-state index in [2.05, 4.69) is 26.4 Å². The van der Waals surface area contributed by atoms with Crippen LogP contribution in [0.3, 0.4) is 0 Å². The number of fused-ring (bicyclic) bond motifs is 1. The summed E-state index contributed by atoms with van der Waals surface area (Å²) in [6, 6.07) is 8.14. The topological polar surface area (TPSA) is 54.9 Å². The summed E-state index contributed by atoms with van der Waals surface area (Å²) in [6.07, 6.45) is 1.53. The highest BCUT2D eigenvalue weighted by atomic mass is 127. The Labute approximate surface area is 186 Å². The third-order valence-electron chi connectivity index (χ3n) is 5.27. The Kier molecular flexibility index (Phi) is 8.87. The van der Waals surface area contributed by atoms with E-state index in [9.17, 15) is 13.2 Å². The van der Waals surface area contributed by atoms with Crippen molar-refractivity contribution in [2.24, 2.45) is 4.99 Å². The molecule has 1 heterocycles. The molecule has 1 aromatic rings. The summed E-state index contributed by atoms with van der Waals surface area (Å²) in [5.74, 6) is 1.55. The number of hydrogen-bond donors (Lipinski definition) is 2. The van der Waals surface area contributed by atoms with Crippen molar-refractivity contribution in [1.29, 1.82) is 0 Å². The van der Waals surface area contributed by atoms with Crippen molar-refractivity contribution in [2.75, 3.05) is 26.8 Å². The maximum absolute atomic E-state index is 12.1. The number of nitrogens with zero attached hydrogens (tertiary/aromatic N) is 1. The third-order valence-corrected chi connectivity index (χ3v) is 5.27. The van der Waals surface area contributed by atoms with E-state index in [1.807, 2.05) is 18.2 Å². The van der Waals surface area contributed by atoms with Gasteiger partial charge in [-0.3, -0.25) is 4.99 Å². The fourth-order valence-corrected chi connectivity index (χ4v) is 4.00. The second-order valence-corrected chi connectivity index (χ2v) is 7.45. The quantitative estimate of drug-likeness (QED) is 0.246. The molecule has 1 aliphatic carbocycles. The molecule has 2 N–H and O–H groups in total. The van der Waals surface area contributed by atoms with Crippen LogP contribution in [0.4, 0.5) is 13.2 Å². The second-order valence-electron chi connectivity index (χ2n) is 7.45. The fourth-order valence-electron chi connectivity index (χ4n) is 4.00. The van der Waals surface area contributed by atoms with Gasteiger partial charge >= 0.3 is 6.18 Å². The van der Waals surface area contributed by atoms with Crippen LogP contribution in [0, 0.1) is 0 Å². The molecule has 5 nitrogen and oxygen atoms in total. The summed E-state index contributed by atoms with van der Waals surface area (Å²) < 4.78 is 47.2. The van der Waals surface area contributed by atoms with Crippen LogP contribution in [0.15, 0.2) is 29.3 Å². The van der Waals surface area contributed by atoms with E-state index in [0.29, 0.717) is 18.9 Å². The molecule has 164 valence electrons. The van der Waals surface area contributed by atoms with Crippen LogP contribution in [0.25, 0.3) is 0 Å². The average molecular weight is 527 g/mol. The summed E-state index contributed by atoms with van der Waals surface area (Å²) in [6.45, 7) is -0.679. The summed E-state index contributed by atoms with van der Waals surface area (Å²) in [5, 5.41) is 6.63. The Bertz CT molecular complexity index is 679. The molecule has 3 rings (SSSR count). The largest absolute Gasteiger partial charge is 0.487 e. The van der Waals surface area contributed by atoms with E-state index >= 15 is 0 Å². The number of para-hydroxylation sites is 1. The molecule has 0 aromatic heterocycles. The predicted molar refractivity (Wildman–Crippen MR) is 117 cm³/mol. The number of guanidine groups is 1. The first-order valence-electron chi connectivity index (χ1n) is 9.80. The number of benzene rings is 1. The predicted octanol–water partition coefficient (Wildman–Crippen LogP) is 4.58. The number of halogens is 4. The normalized spacial score (nSPS) is 20.6. The van der Waals surface area contributed by atoms with Crippen molar-refractivity contribution >= 4 is 29.9 Å². The van der Waals surface area contributed by atoms with Gasteiger partial charge in [0.25, 0.3) is 0 Å². The van der Waals surface area contributed by atoms with Crippen LogP contribution in [0.1, 0.15) is 50.1 Å². The number of ether oxygens (including phenoxy) is 2. The first-order chi connectivity index (χ1) is 13.4. The van der Waals surface area contributed by atoms with Gasteiger partial charge in [0.1, 0.15) is 18.0 Å². The van der Waals surface area contributed by atoms with Gasteiger partial charge in [0.15, 0.2) is 5.96 Å². The SMILES string of the molecule is CN=C(NCCCOCC(F)(F)F)NC1CC2(CCCC2)Oc2ccccc21.I. The Hall–Kier alpha value is -1.23. The maximum atomic E-state index is 12.1. The van der Waals surface area contributed by atoms with E-state index in [-0.39, 0.29) is 42.2 Å². The molecule has 1 saturated carbocycles. The highest BCUT2D eigenvalue weighted by Crippen LogP contribution is 2.46. The molecular weight excluding hydrogens is 498 g/mol. The van der Waals surface area contributed by atoms with E-state index in [1.165, 1.54) is 12.8 Å². The lowest BCUT2D eigenvalue weighted by molar-refractivity contribution is -0.173. The molecular formula is C20H29F3IN3O2. The lowest BCUT2D eigenvalue weighted by Crippen LogP contribution is -2.46. The van der Waals surface area contributed by atoms with Gasteiger partial charge in [0.05, 0.1) is 6.04 Å². The smallest absolute Gasteiger partial charge is 0.411 e. The lowest BCUT2D eigenvalue weighted by Gasteiger charge is -2.40. The molecule has 0 saturated heterocycles. The van der Waals surface area contributed by atoms with Gasteiger partial charge in [-0.25, -0.2) is 0 Å². The van der Waals surface area contributed by atoms with E-state index in [1.54, 1.807) is 7.05 Å². The Balaban J connectivity index is 0.00000300. The summed E-state index contributed by atoms with van der Waals surface area (Å²) in [5.41, 5.74) is 0.993. The number of alkyl halides is 3. The van der Waals surface area contributed by atoms with Gasteiger partial charge in [-0.15, -0.1) is 24.0 Å². The minimum Gasteiger partial charge on any atom is -0.487 e. The minimum atomic E-state index is -4.28. The van der Waals surface area contributed by atoms with Crippen LogP contribution >= 0.6 is 24.0 Å². The Morgan fingerprint density at radius 3 is 2.69 bits per heavy atom. The standard InChI is InChI=1S/C20H28F3N3O2.HI/c1-24-18(25-11-6-12-27-14-20(21,22)23)26-16-13-19(9-4-5-10-19)28-17-8-3-2-7-15(16)17;/h2-3,7-8,16H,4-6,9-14H2,1H3,(H2,24,25,26);1H. The van der Waals surface area contributed by atoms with Crippen LogP contribution < -0.4 is 15.4 Å². The monoisotopic (exact) mass is 527 g/mol. The number of rotatable bonds is 6. The first kappa shape index (κ1) is 24.0. The highest BCUT2D eigenvalue weighted by Gasteiger charge is 2.43. The molecule has 1 aliphatic heterocycles. The second kappa shape index (κ2) is 10.7. The van der Waals surface area contributed by atoms with Crippen molar-refractivity contribution in [3.63, 3.8) is 0 Å². The van der Waals surface area contributed by atoms with Crippen molar-refractivity contribution < 1.29 is 22.6 Å². The van der Waals surface area contributed by atoms with Crippen LogP contribution in [0.5, 0.6) is 5.75 Å². The van der Waals surface area contributed by atoms with Crippen molar-refractivity contribution in [1.82, 2.24) is 10.6 Å². The van der Waals surface area contributed by atoms with Crippen molar-refractivity contribution in [3.8, 4) is 5.75 Å². The van der Waals surface area contributed by atoms with E-state index in [0.717, 1.165) is 30.6 Å². The van der Waals surface area contributed by atoms with E-state index < -0.39 is 12.8 Å². The molecule has 1 fully saturated rings. The zero-order valence-corrected chi connectivity index (χ0v) is 18.9.